The van der Waals surface area contributed by atoms with Gasteiger partial charge in [-0.2, -0.15) is 0 Å². The number of carboxylic acids is 1. The number of carboxylic acid groups (broad SMARTS) is 1. The van der Waals surface area contributed by atoms with Gasteiger partial charge in [0.25, 0.3) is 0 Å². The maximum atomic E-state index is 13.6. The first-order chi connectivity index (χ1) is 26.8. The van der Waals surface area contributed by atoms with Crippen LogP contribution in [0.1, 0.15) is 112 Å². The highest BCUT2D eigenvalue weighted by atomic mass is 16.4. The standard InChI is InChI=1S/C50H59NO4/c51-26-25-34-16-15-33(27-34)9-3-1-2-4-10-36-11-6-8-14-46(49(54)55)50-32-45-40(30-39-12-5-7-13-43(39)48(45)53)31-41(50)22-19-38-18-17-35(29-47(38)50)28-44(36)37-20-23-42(52)24-21-37/h5-8,12-13,17-24,27,29-30,33,36,40-41,44-46,52-53H,1-4,9-11,14-16,25-26,28,31-32,51H2,(H,54,55). The Morgan fingerprint density at radius 2 is 1.67 bits per heavy atom. The molecule has 0 aliphatic heterocycles. The molecule has 288 valence electrons. The van der Waals surface area contributed by atoms with E-state index in [9.17, 15) is 20.1 Å². The molecule has 1 fully saturated rings. The topological polar surface area (TPSA) is 104 Å². The van der Waals surface area contributed by atoms with Crippen LogP contribution < -0.4 is 16.2 Å². The predicted molar refractivity (Wildman–Crippen MR) is 223 cm³/mol. The fourth-order valence-electron chi connectivity index (χ4n) is 11.5. The summed E-state index contributed by atoms with van der Waals surface area (Å²) in [6.45, 7) is 0.755. The van der Waals surface area contributed by atoms with Crippen LogP contribution in [0, 0.1) is 35.5 Å². The summed E-state index contributed by atoms with van der Waals surface area (Å²) >= 11 is 0. The number of phenolic OH excluding ortho intramolecular Hbond substituents is 1. The summed E-state index contributed by atoms with van der Waals surface area (Å²) in [6.07, 6.45) is 28.3. The summed E-state index contributed by atoms with van der Waals surface area (Å²) in [5.74, 6) is 0.757. The maximum absolute atomic E-state index is 13.6. The highest BCUT2D eigenvalue weighted by Gasteiger charge is 2.56. The predicted octanol–water partition coefficient (Wildman–Crippen LogP) is 9.48. The molecule has 3 aromatic rings. The van der Waals surface area contributed by atoms with Crippen molar-refractivity contribution < 1.29 is 20.1 Å². The SMILES string of the molecule is NCCC1=CC(CCCCCCC2CC=CCC(C(=O)O)C34CC5C(O)=c6ccccc6=CC5CC3C=Cc3ccc(cc34)CC2c2ccc(O)cc2)CC1. The lowest BCUT2D eigenvalue weighted by Gasteiger charge is -2.54. The van der Waals surface area contributed by atoms with Gasteiger partial charge in [-0.15, -0.1) is 0 Å². The Hall–Kier alpha value is -4.35. The van der Waals surface area contributed by atoms with Crippen molar-refractivity contribution in [1.29, 1.82) is 0 Å². The molecule has 8 rings (SSSR count). The number of rotatable bonds is 11. The van der Waals surface area contributed by atoms with Crippen molar-refractivity contribution in [2.24, 2.45) is 41.2 Å². The van der Waals surface area contributed by atoms with Crippen LogP contribution in [0.2, 0.25) is 0 Å². The van der Waals surface area contributed by atoms with Crippen LogP contribution in [0.5, 0.6) is 5.75 Å². The molecule has 0 amide bonds. The van der Waals surface area contributed by atoms with E-state index in [4.69, 9.17) is 5.73 Å². The number of aromatic hydroxyl groups is 1. The first-order valence-electron chi connectivity index (χ1n) is 21.2. The largest absolute Gasteiger partial charge is 0.511 e. The lowest BCUT2D eigenvalue weighted by atomic mass is 9.49. The number of aliphatic hydroxyl groups is 1. The Kier molecular flexibility index (Phi) is 11.2. The number of fused-ring (bicyclic) bond motifs is 3. The first kappa shape index (κ1) is 37.6. The van der Waals surface area contributed by atoms with Crippen LogP contribution >= 0.6 is 0 Å². The average molecular weight is 738 g/mol. The summed E-state index contributed by atoms with van der Waals surface area (Å²) in [7, 11) is 0. The molecular weight excluding hydrogens is 679 g/mol. The molecule has 3 aromatic carbocycles. The van der Waals surface area contributed by atoms with Crippen LogP contribution in [0.3, 0.4) is 0 Å². The van der Waals surface area contributed by atoms with Gasteiger partial charge in [-0.05, 0) is 140 Å². The van der Waals surface area contributed by atoms with Crippen molar-refractivity contribution >= 4 is 23.9 Å². The third kappa shape index (κ3) is 7.62. The second kappa shape index (κ2) is 16.4. The molecule has 5 aliphatic rings. The Balaban J connectivity index is 1.09. The van der Waals surface area contributed by atoms with Gasteiger partial charge >= 0.3 is 5.97 Å². The number of hydrogen-bond acceptors (Lipinski definition) is 4. The van der Waals surface area contributed by atoms with E-state index in [0.29, 0.717) is 24.5 Å². The number of allylic oxidation sites excluding steroid dienone is 4. The molecule has 1 spiro atoms. The molecule has 5 heteroatoms. The zero-order valence-electron chi connectivity index (χ0n) is 32.3. The molecule has 1 saturated carbocycles. The molecule has 0 radical (unpaired) electrons. The Labute approximate surface area is 327 Å². The molecule has 8 atom stereocenters. The van der Waals surface area contributed by atoms with E-state index in [1.54, 1.807) is 5.57 Å². The van der Waals surface area contributed by atoms with Crippen molar-refractivity contribution in [3.05, 3.63) is 129 Å². The quantitative estimate of drug-likeness (QED) is 0.116. The second-order valence-electron chi connectivity index (χ2n) is 17.4. The Morgan fingerprint density at radius 1 is 0.873 bits per heavy atom. The molecule has 0 saturated heterocycles. The normalized spacial score (nSPS) is 29.5. The van der Waals surface area contributed by atoms with E-state index >= 15 is 0 Å². The first-order valence-corrected chi connectivity index (χ1v) is 21.2. The molecule has 0 aromatic heterocycles. The third-order valence-electron chi connectivity index (χ3n) is 14.3. The molecule has 8 unspecified atom stereocenters. The molecule has 5 N–H and O–H groups in total. The van der Waals surface area contributed by atoms with Gasteiger partial charge in [0, 0.05) is 16.6 Å². The summed E-state index contributed by atoms with van der Waals surface area (Å²) in [5, 5.41) is 35.2. The zero-order valence-corrected chi connectivity index (χ0v) is 32.3. The molecule has 5 aliphatic carbocycles. The summed E-state index contributed by atoms with van der Waals surface area (Å²) in [6, 6.07) is 22.8. The van der Waals surface area contributed by atoms with Crippen molar-refractivity contribution in [3.63, 3.8) is 0 Å². The molecular formula is C50H59NO4. The summed E-state index contributed by atoms with van der Waals surface area (Å²) in [5.41, 5.74) is 11.4. The van der Waals surface area contributed by atoms with Crippen LogP contribution in [-0.4, -0.2) is 27.8 Å². The van der Waals surface area contributed by atoms with E-state index in [-0.39, 0.29) is 29.4 Å². The zero-order chi connectivity index (χ0) is 37.9. The average Bonchev–Trinajstić information content (AvgIpc) is 3.64. The summed E-state index contributed by atoms with van der Waals surface area (Å²) in [4.78, 5) is 13.6. The molecule has 0 heterocycles. The van der Waals surface area contributed by atoms with E-state index in [2.05, 4.69) is 72.9 Å². The van der Waals surface area contributed by atoms with Gasteiger partial charge in [-0.25, -0.2) is 0 Å². The van der Waals surface area contributed by atoms with Crippen molar-refractivity contribution in [2.45, 2.75) is 101 Å². The monoisotopic (exact) mass is 737 g/mol. The van der Waals surface area contributed by atoms with Gasteiger partial charge < -0.3 is 21.1 Å². The lowest BCUT2D eigenvalue weighted by molar-refractivity contribution is -0.146. The van der Waals surface area contributed by atoms with E-state index in [0.717, 1.165) is 66.1 Å². The van der Waals surface area contributed by atoms with Crippen molar-refractivity contribution in [2.75, 3.05) is 6.54 Å². The Morgan fingerprint density at radius 3 is 2.49 bits per heavy atom. The number of unbranched alkanes of at least 4 members (excludes halogenated alkanes) is 3. The number of aliphatic carboxylic acids is 1. The minimum atomic E-state index is -0.751. The van der Waals surface area contributed by atoms with Crippen LogP contribution in [0.4, 0.5) is 0 Å². The molecule has 2 bridgehead atoms. The van der Waals surface area contributed by atoms with Gasteiger partial charge in [0.15, 0.2) is 0 Å². The van der Waals surface area contributed by atoms with Crippen molar-refractivity contribution in [3.8, 4) is 5.75 Å². The highest BCUT2D eigenvalue weighted by molar-refractivity contribution is 5.76. The number of nitrogens with two attached hydrogens (primary N) is 1. The lowest BCUT2D eigenvalue weighted by Crippen LogP contribution is -2.54. The highest BCUT2D eigenvalue weighted by Crippen LogP contribution is 2.59. The van der Waals surface area contributed by atoms with Gasteiger partial charge in [0.1, 0.15) is 11.5 Å². The minimum Gasteiger partial charge on any atom is -0.511 e. The molecule has 55 heavy (non-hydrogen) atoms. The third-order valence-corrected chi connectivity index (χ3v) is 14.3. The number of carbonyl (C=O) groups is 1. The van der Waals surface area contributed by atoms with Gasteiger partial charge in [0.2, 0.25) is 0 Å². The van der Waals surface area contributed by atoms with E-state index < -0.39 is 17.3 Å². The van der Waals surface area contributed by atoms with E-state index in [1.807, 2.05) is 30.3 Å². The number of phenols is 1. The fraction of sp³-hybridized carbons (Fsp3) is 0.460. The maximum Gasteiger partial charge on any atom is 0.307 e. The van der Waals surface area contributed by atoms with Crippen molar-refractivity contribution in [1.82, 2.24) is 0 Å². The number of aliphatic hydroxyl groups excluding tert-OH is 1. The summed E-state index contributed by atoms with van der Waals surface area (Å²) < 4.78 is 0. The minimum absolute atomic E-state index is 0.0431. The van der Waals surface area contributed by atoms with Crippen LogP contribution in [0.15, 0.2) is 96.6 Å². The second-order valence-corrected chi connectivity index (χ2v) is 17.4. The van der Waals surface area contributed by atoms with Gasteiger partial charge in [-0.3, -0.25) is 4.79 Å². The molecule has 5 nitrogen and oxygen atoms in total. The van der Waals surface area contributed by atoms with E-state index in [1.165, 1.54) is 56.1 Å². The fourth-order valence-corrected chi connectivity index (χ4v) is 11.5. The van der Waals surface area contributed by atoms with Gasteiger partial charge in [0.05, 0.1) is 5.92 Å². The Bertz CT molecular complexity index is 2080. The van der Waals surface area contributed by atoms with Crippen LogP contribution in [-0.2, 0) is 16.6 Å². The smallest absolute Gasteiger partial charge is 0.307 e. The van der Waals surface area contributed by atoms with Gasteiger partial charge in [-0.1, -0.05) is 122 Å². The number of hydrogen-bond donors (Lipinski definition) is 4. The number of benzene rings is 3. The van der Waals surface area contributed by atoms with Crippen LogP contribution in [0.25, 0.3) is 17.9 Å².